The van der Waals surface area contributed by atoms with E-state index in [9.17, 15) is 4.79 Å². The fraction of sp³-hybridized carbons (Fsp3) is 0.600. The second-order valence-corrected chi connectivity index (χ2v) is 5.79. The molecule has 1 aliphatic rings. The van der Waals surface area contributed by atoms with Crippen molar-refractivity contribution in [1.82, 2.24) is 15.2 Å². The molecule has 1 amide bonds. The summed E-state index contributed by atoms with van der Waals surface area (Å²) in [6.45, 7) is 6.12. The van der Waals surface area contributed by atoms with E-state index in [2.05, 4.69) is 41.4 Å². The van der Waals surface area contributed by atoms with Crippen LogP contribution < -0.4 is 10.6 Å². The number of carbonyl (C=O) groups is 1. The van der Waals surface area contributed by atoms with Crippen LogP contribution in [-0.2, 0) is 0 Å². The molecule has 0 radical (unpaired) electrons. The van der Waals surface area contributed by atoms with E-state index in [0.29, 0.717) is 11.5 Å². The lowest BCUT2D eigenvalue weighted by Crippen LogP contribution is -2.36. The van der Waals surface area contributed by atoms with Crippen molar-refractivity contribution in [2.24, 2.45) is 0 Å². The molecule has 0 aromatic carbocycles. The van der Waals surface area contributed by atoms with Gasteiger partial charge in [-0.05, 0) is 38.1 Å². The molecule has 0 spiro atoms. The van der Waals surface area contributed by atoms with Gasteiger partial charge in [-0.2, -0.15) is 0 Å². The molecule has 1 atom stereocenters. The summed E-state index contributed by atoms with van der Waals surface area (Å²) in [6, 6.07) is 3.94. The predicted molar refractivity (Wildman–Crippen MR) is 81.2 cm³/mol. The van der Waals surface area contributed by atoms with E-state index in [0.717, 1.165) is 31.0 Å². The fourth-order valence-electron chi connectivity index (χ4n) is 2.43. The molecule has 0 bridgehead atoms. The van der Waals surface area contributed by atoms with Crippen molar-refractivity contribution in [1.29, 1.82) is 0 Å². The summed E-state index contributed by atoms with van der Waals surface area (Å²) in [6.07, 6.45) is 1.02. The standard InChI is InChI=1S/C15H24N4O/c1-10(2)13-7-11(8-14(16-3)18-13)15(20)17-12-5-6-19(4)9-12/h7-8,10,12H,5-6,9H2,1-4H3,(H,16,18)(H,17,20). The van der Waals surface area contributed by atoms with Crippen LogP contribution >= 0.6 is 0 Å². The third-order valence-corrected chi connectivity index (χ3v) is 3.68. The fourth-order valence-corrected chi connectivity index (χ4v) is 2.43. The maximum Gasteiger partial charge on any atom is 0.251 e. The molecule has 0 saturated carbocycles. The van der Waals surface area contributed by atoms with Gasteiger partial charge >= 0.3 is 0 Å². The number of amides is 1. The Morgan fingerprint density at radius 3 is 2.75 bits per heavy atom. The van der Waals surface area contributed by atoms with Crippen LogP contribution in [0.15, 0.2) is 12.1 Å². The van der Waals surface area contributed by atoms with Crippen molar-refractivity contribution >= 4 is 11.7 Å². The van der Waals surface area contributed by atoms with Crippen LogP contribution in [0, 0.1) is 0 Å². The molecule has 0 aliphatic carbocycles. The van der Waals surface area contributed by atoms with Crippen molar-refractivity contribution in [3.8, 4) is 0 Å². The molecular formula is C15H24N4O. The van der Waals surface area contributed by atoms with Gasteiger partial charge in [-0.3, -0.25) is 4.79 Å². The number of nitrogens with zero attached hydrogens (tertiary/aromatic N) is 2. The summed E-state index contributed by atoms with van der Waals surface area (Å²) in [5.74, 6) is 1.03. The lowest BCUT2D eigenvalue weighted by molar-refractivity contribution is 0.0938. The molecule has 1 aromatic rings. The third kappa shape index (κ3) is 3.48. The van der Waals surface area contributed by atoms with Gasteiger partial charge in [-0.1, -0.05) is 13.8 Å². The van der Waals surface area contributed by atoms with Crippen molar-refractivity contribution in [3.05, 3.63) is 23.4 Å². The summed E-state index contributed by atoms with van der Waals surface area (Å²) in [5.41, 5.74) is 1.62. The number of rotatable bonds is 4. The molecule has 5 nitrogen and oxygen atoms in total. The number of hydrogen-bond acceptors (Lipinski definition) is 4. The van der Waals surface area contributed by atoms with Gasteiger partial charge in [0, 0.05) is 30.9 Å². The molecule has 2 heterocycles. The highest BCUT2D eigenvalue weighted by atomic mass is 16.1. The SMILES string of the molecule is CNc1cc(C(=O)NC2CCN(C)C2)cc(C(C)C)n1. The van der Waals surface area contributed by atoms with E-state index < -0.39 is 0 Å². The predicted octanol–water partition coefficient (Wildman–Crippen LogP) is 1.68. The van der Waals surface area contributed by atoms with Gasteiger partial charge in [0.2, 0.25) is 0 Å². The van der Waals surface area contributed by atoms with E-state index in [4.69, 9.17) is 0 Å². The normalized spacial score (nSPS) is 19.4. The van der Waals surface area contributed by atoms with Crippen molar-refractivity contribution in [2.75, 3.05) is 32.5 Å². The highest BCUT2D eigenvalue weighted by molar-refractivity contribution is 5.95. The minimum atomic E-state index is -0.00824. The first-order valence-corrected chi connectivity index (χ1v) is 7.18. The number of likely N-dealkylation sites (N-methyl/N-ethyl adjacent to an activating group) is 1. The quantitative estimate of drug-likeness (QED) is 0.878. The van der Waals surface area contributed by atoms with Crippen LogP contribution in [0.5, 0.6) is 0 Å². The Morgan fingerprint density at radius 2 is 2.20 bits per heavy atom. The molecule has 110 valence electrons. The highest BCUT2D eigenvalue weighted by Crippen LogP contribution is 2.18. The zero-order chi connectivity index (χ0) is 14.7. The zero-order valence-electron chi connectivity index (χ0n) is 12.7. The summed E-state index contributed by atoms with van der Waals surface area (Å²) in [7, 11) is 3.90. The first-order valence-electron chi connectivity index (χ1n) is 7.18. The smallest absolute Gasteiger partial charge is 0.251 e. The lowest BCUT2D eigenvalue weighted by atomic mass is 10.1. The van der Waals surface area contributed by atoms with Crippen molar-refractivity contribution in [2.45, 2.75) is 32.2 Å². The van der Waals surface area contributed by atoms with Crippen LogP contribution in [-0.4, -0.2) is 49.0 Å². The molecule has 2 N–H and O–H groups in total. The van der Waals surface area contributed by atoms with E-state index >= 15 is 0 Å². The largest absolute Gasteiger partial charge is 0.373 e. The van der Waals surface area contributed by atoms with Gasteiger partial charge in [0.05, 0.1) is 0 Å². The van der Waals surface area contributed by atoms with Crippen LogP contribution in [0.2, 0.25) is 0 Å². The van der Waals surface area contributed by atoms with Gasteiger partial charge in [0.1, 0.15) is 5.82 Å². The molecule has 1 aromatic heterocycles. The third-order valence-electron chi connectivity index (χ3n) is 3.68. The summed E-state index contributed by atoms with van der Waals surface area (Å²) in [4.78, 5) is 19.1. The molecule has 1 fully saturated rings. The molecule has 1 aliphatic heterocycles. The second kappa shape index (κ2) is 6.22. The van der Waals surface area contributed by atoms with Crippen LogP contribution in [0.1, 0.15) is 42.2 Å². The maximum absolute atomic E-state index is 12.4. The van der Waals surface area contributed by atoms with E-state index in [1.54, 1.807) is 6.07 Å². The first-order chi connectivity index (χ1) is 9.49. The minimum Gasteiger partial charge on any atom is -0.373 e. The van der Waals surface area contributed by atoms with Gasteiger partial charge in [-0.15, -0.1) is 0 Å². The second-order valence-electron chi connectivity index (χ2n) is 5.79. The van der Waals surface area contributed by atoms with Crippen molar-refractivity contribution < 1.29 is 4.79 Å². The number of nitrogens with one attached hydrogen (secondary N) is 2. The Morgan fingerprint density at radius 1 is 1.45 bits per heavy atom. The topological polar surface area (TPSA) is 57.3 Å². The van der Waals surface area contributed by atoms with Crippen LogP contribution in [0.25, 0.3) is 0 Å². The Labute approximate surface area is 120 Å². The summed E-state index contributed by atoms with van der Waals surface area (Å²) < 4.78 is 0. The average molecular weight is 276 g/mol. The van der Waals surface area contributed by atoms with Crippen LogP contribution in [0.4, 0.5) is 5.82 Å². The Hall–Kier alpha value is -1.62. The Kier molecular flexibility index (Phi) is 4.60. The summed E-state index contributed by atoms with van der Waals surface area (Å²) >= 11 is 0. The molecular weight excluding hydrogens is 252 g/mol. The van der Waals surface area contributed by atoms with E-state index in [1.165, 1.54) is 0 Å². The number of anilines is 1. The molecule has 20 heavy (non-hydrogen) atoms. The van der Waals surface area contributed by atoms with Crippen LogP contribution in [0.3, 0.4) is 0 Å². The number of carbonyl (C=O) groups excluding carboxylic acids is 1. The van der Waals surface area contributed by atoms with Gasteiger partial charge < -0.3 is 15.5 Å². The number of pyridine rings is 1. The average Bonchev–Trinajstić information content (AvgIpc) is 2.83. The Balaban J connectivity index is 2.14. The Bertz CT molecular complexity index is 487. The van der Waals surface area contributed by atoms with Gasteiger partial charge in [0.25, 0.3) is 5.91 Å². The monoisotopic (exact) mass is 276 g/mol. The van der Waals surface area contributed by atoms with E-state index in [1.807, 2.05) is 13.1 Å². The maximum atomic E-state index is 12.4. The molecule has 5 heteroatoms. The highest BCUT2D eigenvalue weighted by Gasteiger charge is 2.22. The minimum absolute atomic E-state index is 0.00824. The zero-order valence-corrected chi connectivity index (χ0v) is 12.7. The number of likely N-dealkylation sites (tertiary alicyclic amines) is 1. The van der Waals surface area contributed by atoms with Crippen molar-refractivity contribution in [3.63, 3.8) is 0 Å². The van der Waals surface area contributed by atoms with E-state index in [-0.39, 0.29) is 11.9 Å². The molecule has 1 unspecified atom stereocenters. The van der Waals surface area contributed by atoms with Gasteiger partial charge in [-0.25, -0.2) is 4.98 Å². The molecule has 2 rings (SSSR count). The van der Waals surface area contributed by atoms with Gasteiger partial charge in [0.15, 0.2) is 0 Å². The summed E-state index contributed by atoms with van der Waals surface area (Å²) in [5, 5.41) is 6.13. The number of aromatic nitrogens is 1. The first kappa shape index (κ1) is 14.8. The lowest BCUT2D eigenvalue weighted by Gasteiger charge is -2.15. The number of hydrogen-bond donors (Lipinski definition) is 2. The molecule has 1 saturated heterocycles.